The van der Waals surface area contributed by atoms with Gasteiger partial charge < -0.3 is 10.2 Å². The Morgan fingerprint density at radius 1 is 1.29 bits per heavy atom. The third kappa shape index (κ3) is 5.32. The summed E-state index contributed by atoms with van der Waals surface area (Å²) >= 11 is 0. The number of nitrogens with one attached hydrogen (secondary N) is 1. The van der Waals surface area contributed by atoms with Gasteiger partial charge in [-0.1, -0.05) is 37.3 Å². The van der Waals surface area contributed by atoms with Crippen molar-refractivity contribution in [2.24, 2.45) is 5.92 Å². The molecule has 0 aliphatic carbocycles. The molecule has 0 aromatic heterocycles. The summed E-state index contributed by atoms with van der Waals surface area (Å²) in [7, 11) is 0. The van der Waals surface area contributed by atoms with Gasteiger partial charge in [-0.15, -0.1) is 0 Å². The van der Waals surface area contributed by atoms with E-state index in [4.69, 9.17) is 0 Å². The van der Waals surface area contributed by atoms with E-state index >= 15 is 0 Å². The molecule has 21 heavy (non-hydrogen) atoms. The van der Waals surface area contributed by atoms with Crippen LogP contribution in [-0.4, -0.2) is 37.3 Å². The summed E-state index contributed by atoms with van der Waals surface area (Å²) in [5, 5.41) is 3.13. The lowest BCUT2D eigenvalue weighted by Crippen LogP contribution is -2.32. The minimum absolute atomic E-state index is 0.449. The maximum Gasteiger partial charge on any atom is 0.390 e. The summed E-state index contributed by atoms with van der Waals surface area (Å²) in [6.07, 6.45) is -3.91. The lowest BCUT2D eigenvalue weighted by atomic mass is 10.0. The van der Waals surface area contributed by atoms with E-state index in [-0.39, 0.29) is 0 Å². The van der Waals surface area contributed by atoms with Crippen LogP contribution in [0.5, 0.6) is 0 Å². The Morgan fingerprint density at radius 2 is 2.00 bits per heavy atom. The molecule has 1 fully saturated rings. The van der Waals surface area contributed by atoms with E-state index in [1.165, 1.54) is 0 Å². The van der Waals surface area contributed by atoms with Crippen molar-refractivity contribution >= 4 is 0 Å². The van der Waals surface area contributed by atoms with Gasteiger partial charge in [-0.3, -0.25) is 0 Å². The first-order chi connectivity index (χ1) is 9.98. The summed E-state index contributed by atoms with van der Waals surface area (Å²) in [6.45, 7) is 5.81. The van der Waals surface area contributed by atoms with E-state index in [0.717, 1.165) is 26.1 Å². The minimum Gasteiger partial charge on any atom is -0.309 e. The smallest absolute Gasteiger partial charge is 0.309 e. The lowest BCUT2D eigenvalue weighted by molar-refractivity contribution is -0.140. The van der Waals surface area contributed by atoms with E-state index in [1.54, 1.807) is 24.3 Å². The van der Waals surface area contributed by atoms with E-state index in [2.05, 4.69) is 17.1 Å². The van der Waals surface area contributed by atoms with Crippen LogP contribution in [0.2, 0.25) is 0 Å². The maximum atomic E-state index is 12.8. The fourth-order valence-electron chi connectivity index (χ4n) is 2.90. The first-order valence-corrected chi connectivity index (χ1v) is 7.55. The van der Waals surface area contributed by atoms with Crippen LogP contribution in [0.3, 0.4) is 0 Å². The maximum absolute atomic E-state index is 12.8. The highest BCUT2D eigenvalue weighted by Gasteiger charge is 2.33. The number of rotatable bonds is 6. The second kappa shape index (κ2) is 7.27. The highest BCUT2D eigenvalue weighted by Crippen LogP contribution is 2.30. The first kappa shape index (κ1) is 16.3. The molecule has 1 N–H and O–H groups in total. The molecule has 2 rings (SSSR count). The average Bonchev–Trinajstić information content (AvgIpc) is 2.91. The fourth-order valence-corrected chi connectivity index (χ4v) is 2.90. The Morgan fingerprint density at radius 3 is 2.57 bits per heavy atom. The van der Waals surface area contributed by atoms with Gasteiger partial charge in [-0.2, -0.15) is 13.2 Å². The summed E-state index contributed by atoms with van der Waals surface area (Å²) in [5.74, 6) is 0.449. The molecule has 5 heteroatoms. The zero-order valence-electron chi connectivity index (χ0n) is 12.4. The standard InChI is InChI=1S/C16H23F3N2/c1-2-21-9-8-13(12-21)11-20-15(10-16(17,18)19)14-6-4-3-5-7-14/h3-7,13,15,20H,2,8-12H2,1H3. The summed E-state index contributed by atoms with van der Waals surface area (Å²) in [4.78, 5) is 2.34. The number of nitrogens with zero attached hydrogens (tertiary/aromatic N) is 1. The van der Waals surface area contributed by atoms with Gasteiger partial charge in [0.25, 0.3) is 0 Å². The molecular formula is C16H23F3N2. The quantitative estimate of drug-likeness (QED) is 0.863. The SMILES string of the molecule is CCN1CCC(CNC(CC(F)(F)F)c2ccccc2)C1. The van der Waals surface area contributed by atoms with Gasteiger partial charge in [0.15, 0.2) is 0 Å². The number of likely N-dealkylation sites (tertiary alicyclic amines) is 1. The third-order valence-corrected chi connectivity index (χ3v) is 4.11. The number of hydrogen-bond acceptors (Lipinski definition) is 2. The van der Waals surface area contributed by atoms with Gasteiger partial charge in [-0.25, -0.2) is 0 Å². The zero-order valence-corrected chi connectivity index (χ0v) is 12.4. The van der Waals surface area contributed by atoms with Crippen molar-refractivity contribution in [2.45, 2.75) is 32.0 Å². The van der Waals surface area contributed by atoms with Crippen molar-refractivity contribution in [2.75, 3.05) is 26.2 Å². The largest absolute Gasteiger partial charge is 0.390 e. The normalized spacial score (nSPS) is 21.6. The fraction of sp³-hybridized carbons (Fsp3) is 0.625. The Balaban J connectivity index is 1.93. The van der Waals surface area contributed by atoms with Gasteiger partial charge in [-0.05, 0) is 37.5 Å². The number of hydrogen-bond donors (Lipinski definition) is 1. The molecule has 0 amide bonds. The second-order valence-electron chi connectivity index (χ2n) is 5.74. The molecule has 0 saturated carbocycles. The molecule has 1 aromatic rings. The average molecular weight is 300 g/mol. The summed E-state index contributed by atoms with van der Waals surface area (Å²) in [5.41, 5.74) is 0.708. The molecule has 1 aliphatic heterocycles. The second-order valence-corrected chi connectivity index (χ2v) is 5.74. The van der Waals surface area contributed by atoms with Gasteiger partial charge in [0.2, 0.25) is 0 Å². The van der Waals surface area contributed by atoms with Crippen LogP contribution >= 0.6 is 0 Å². The Hall–Kier alpha value is -1.07. The Labute approximate surface area is 124 Å². The van der Waals surface area contributed by atoms with Crippen molar-refractivity contribution < 1.29 is 13.2 Å². The monoisotopic (exact) mass is 300 g/mol. The van der Waals surface area contributed by atoms with Crippen molar-refractivity contribution in [3.05, 3.63) is 35.9 Å². The van der Waals surface area contributed by atoms with Crippen molar-refractivity contribution in [1.29, 1.82) is 0 Å². The van der Waals surface area contributed by atoms with Gasteiger partial charge in [0, 0.05) is 12.6 Å². The molecule has 1 saturated heterocycles. The van der Waals surface area contributed by atoms with Crippen LogP contribution in [0.4, 0.5) is 13.2 Å². The van der Waals surface area contributed by atoms with Crippen LogP contribution in [-0.2, 0) is 0 Å². The molecule has 0 radical (unpaired) electrons. The van der Waals surface area contributed by atoms with Gasteiger partial charge in [0.1, 0.15) is 0 Å². The van der Waals surface area contributed by atoms with Crippen molar-refractivity contribution in [3.8, 4) is 0 Å². The third-order valence-electron chi connectivity index (χ3n) is 4.11. The van der Waals surface area contributed by atoms with Crippen LogP contribution in [0, 0.1) is 5.92 Å². The molecular weight excluding hydrogens is 277 g/mol. The number of benzene rings is 1. The summed E-state index contributed by atoms with van der Waals surface area (Å²) in [6, 6.07) is 8.27. The number of alkyl halides is 3. The highest BCUT2D eigenvalue weighted by atomic mass is 19.4. The Kier molecular flexibility index (Phi) is 5.65. The summed E-state index contributed by atoms with van der Waals surface area (Å²) < 4.78 is 38.3. The Bertz CT molecular complexity index is 419. The minimum atomic E-state index is -4.15. The molecule has 1 aromatic carbocycles. The molecule has 2 unspecified atom stereocenters. The molecule has 2 atom stereocenters. The van der Waals surface area contributed by atoms with Gasteiger partial charge >= 0.3 is 6.18 Å². The van der Waals surface area contributed by atoms with E-state index in [9.17, 15) is 13.2 Å². The van der Waals surface area contributed by atoms with E-state index in [0.29, 0.717) is 18.0 Å². The zero-order chi connectivity index (χ0) is 15.3. The molecule has 2 nitrogen and oxygen atoms in total. The van der Waals surface area contributed by atoms with Crippen LogP contribution in [0.25, 0.3) is 0 Å². The van der Waals surface area contributed by atoms with Crippen molar-refractivity contribution in [3.63, 3.8) is 0 Å². The molecule has 0 bridgehead atoms. The van der Waals surface area contributed by atoms with Gasteiger partial charge in [0.05, 0.1) is 6.42 Å². The number of halogens is 3. The topological polar surface area (TPSA) is 15.3 Å². The van der Waals surface area contributed by atoms with Crippen molar-refractivity contribution in [1.82, 2.24) is 10.2 Å². The molecule has 1 aliphatic rings. The van der Waals surface area contributed by atoms with Crippen LogP contribution in [0.1, 0.15) is 31.4 Å². The predicted octanol–water partition coefficient (Wildman–Crippen LogP) is 3.61. The van der Waals surface area contributed by atoms with E-state index < -0.39 is 18.6 Å². The van der Waals surface area contributed by atoms with Crippen LogP contribution < -0.4 is 5.32 Å². The van der Waals surface area contributed by atoms with Crippen LogP contribution in [0.15, 0.2) is 30.3 Å². The lowest BCUT2D eigenvalue weighted by Gasteiger charge is -2.23. The first-order valence-electron chi connectivity index (χ1n) is 7.55. The highest BCUT2D eigenvalue weighted by molar-refractivity contribution is 5.19. The molecule has 118 valence electrons. The molecule has 0 spiro atoms. The molecule has 1 heterocycles. The van der Waals surface area contributed by atoms with E-state index in [1.807, 2.05) is 6.07 Å². The predicted molar refractivity (Wildman–Crippen MR) is 78.1 cm³/mol.